The number of nitrogens with one attached hydrogen (secondary N) is 1. The molecule has 0 fully saturated rings. The summed E-state index contributed by atoms with van der Waals surface area (Å²) in [5, 5.41) is 11.9. The van der Waals surface area contributed by atoms with Crippen molar-refractivity contribution in [2.75, 3.05) is 12.3 Å². The zero-order valence-electron chi connectivity index (χ0n) is 9.25. The molecule has 4 N–H and O–H groups in total. The van der Waals surface area contributed by atoms with Gasteiger partial charge in [0.05, 0.1) is 11.3 Å². The van der Waals surface area contributed by atoms with Gasteiger partial charge < -0.3 is 16.2 Å². The maximum absolute atomic E-state index is 13.1. The van der Waals surface area contributed by atoms with Crippen molar-refractivity contribution in [2.24, 2.45) is 0 Å². The van der Waals surface area contributed by atoms with E-state index in [1.54, 1.807) is 13.8 Å². The van der Waals surface area contributed by atoms with Crippen molar-refractivity contribution in [3.63, 3.8) is 0 Å². The van der Waals surface area contributed by atoms with Crippen LogP contribution in [-0.4, -0.2) is 23.2 Å². The van der Waals surface area contributed by atoms with Gasteiger partial charge in [-0.2, -0.15) is 0 Å². The molecule has 0 heterocycles. The predicted octanol–water partition coefficient (Wildman–Crippen LogP) is 0.909. The lowest BCUT2D eigenvalue weighted by atomic mass is 10.1. The van der Waals surface area contributed by atoms with Gasteiger partial charge in [-0.05, 0) is 32.0 Å². The number of anilines is 1. The summed E-state index contributed by atoms with van der Waals surface area (Å²) >= 11 is 0. The van der Waals surface area contributed by atoms with Gasteiger partial charge in [-0.1, -0.05) is 0 Å². The van der Waals surface area contributed by atoms with E-state index in [4.69, 9.17) is 5.73 Å². The van der Waals surface area contributed by atoms with Crippen LogP contribution < -0.4 is 11.1 Å². The summed E-state index contributed by atoms with van der Waals surface area (Å²) in [6, 6.07) is 3.82. The SMILES string of the molecule is CC(C)(O)CNC(=O)c1ccc(N)c(F)c1. The van der Waals surface area contributed by atoms with Crippen LogP contribution in [0, 0.1) is 5.82 Å². The van der Waals surface area contributed by atoms with Crippen molar-refractivity contribution in [3.8, 4) is 0 Å². The van der Waals surface area contributed by atoms with E-state index < -0.39 is 17.3 Å². The van der Waals surface area contributed by atoms with Gasteiger partial charge >= 0.3 is 0 Å². The maximum atomic E-state index is 13.1. The molecule has 0 bridgehead atoms. The topological polar surface area (TPSA) is 75.3 Å². The number of aliphatic hydroxyl groups is 1. The number of hydrogen-bond donors (Lipinski definition) is 3. The molecule has 0 atom stereocenters. The van der Waals surface area contributed by atoms with Crippen molar-refractivity contribution >= 4 is 11.6 Å². The van der Waals surface area contributed by atoms with E-state index in [1.165, 1.54) is 12.1 Å². The van der Waals surface area contributed by atoms with Crippen LogP contribution in [0.5, 0.6) is 0 Å². The number of nitrogen functional groups attached to an aromatic ring is 1. The van der Waals surface area contributed by atoms with Crippen LogP contribution in [0.4, 0.5) is 10.1 Å². The van der Waals surface area contributed by atoms with Crippen LogP contribution in [0.3, 0.4) is 0 Å². The molecule has 0 saturated heterocycles. The zero-order chi connectivity index (χ0) is 12.3. The second-order valence-corrected chi connectivity index (χ2v) is 4.23. The van der Waals surface area contributed by atoms with Crippen molar-refractivity contribution in [1.29, 1.82) is 0 Å². The molecule has 0 aliphatic rings. The number of carbonyl (C=O) groups is 1. The van der Waals surface area contributed by atoms with E-state index in [-0.39, 0.29) is 17.8 Å². The average molecular weight is 226 g/mol. The van der Waals surface area contributed by atoms with Crippen LogP contribution in [0.15, 0.2) is 18.2 Å². The first-order valence-corrected chi connectivity index (χ1v) is 4.85. The van der Waals surface area contributed by atoms with Crippen molar-refractivity contribution in [3.05, 3.63) is 29.6 Å². The summed E-state index contributed by atoms with van der Waals surface area (Å²) in [7, 11) is 0. The monoisotopic (exact) mass is 226 g/mol. The molecular weight excluding hydrogens is 211 g/mol. The molecule has 1 aromatic carbocycles. The molecule has 0 aliphatic carbocycles. The highest BCUT2D eigenvalue weighted by Gasteiger charge is 2.15. The average Bonchev–Trinajstić information content (AvgIpc) is 2.17. The van der Waals surface area contributed by atoms with Gasteiger partial charge in [-0.3, -0.25) is 4.79 Å². The predicted molar refractivity (Wildman–Crippen MR) is 59.4 cm³/mol. The molecule has 1 amide bonds. The minimum absolute atomic E-state index is 0.000891. The number of carbonyl (C=O) groups excluding carboxylic acids is 1. The molecule has 5 heteroatoms. The van der Waals surface area contributed by atoms with Gasteiger partial charge in [0.15, 0.2) is 0 Å². The third-order valence-corrected chi connectivity index (χ3v) is 1.94. The lowest BCUT2D eigenvalue weighted by Crippen LogP contribution is -2.38. The van der Waals surface area contributed by atoms with Gasteiger partial charge in [0.1, 0.15) is 5.82 Å². The number of halogens is 1. The van der Waals surface area contributed by atoms with Gasteiger partial charge in [0, 0.05) is 12.1 Å². The smallest absolute Gasteiger partial charge is 0.251 e. The summed E-state index contributed by atoms with van der Waals surface area (Å²) in [5.74, 6) is -1.07. The number of hydrogen-bond acceptors (Lipinski definition) is 3. The van der Waals surface area contributed by atoms with Crippen molar-refractivity contribution in [2.45, 2.75) is 19.4 Å². The van der Waals surface area contributed by atoms with E-state index in [9.17, 15) is 14.3 Å². The van der Waals surface area contributed by atoms with E-state index in [0.29, 0.717) is 0 Å². The Balaban J connectivity index is 2.70. The molecular formula is C11H15FN2O2. The quantitative estimate of drug-likeness (QED) is 0.670. The first-order chi connectivity index (χ1) is 7.29. The summed E-state index contributed by atoms with van der Waals surface area (Å²) in [6.07, 6.45) is 0. The van der Waals surface area contributed by atoms with Crippen LogP contribution in [-0.2, 0) is 0 Å². The second kappa shape index (κ2) is 4.49. The van der Waals surface area contributed by atoms with Crippen LogP contribution in [0.1, 0.15) is 24.2 Å². The number of rotatable bonds is 3. The van der Waals surface area contributed by atoms with E-state index in [2.05, 4.69) is 5.32 Å². The molecule has 88 valence electrons. The van der Waals surface area contributed by atoms with Crippen LogP contribution in [0.25, 0.3) is 0 Å². The van der Waals surface area contributed by atoms with Crippen molar-refractivity contribution in [1.82, 2.24) is 5.32 Å². The number of amides is 1. The Hall–Kier alpha value is -1.62. The van der Waals surface area contributed by atoms with E-state index in [1.807, 2.05) is 0 Å². The molecule has 0 radical (unpaired) electrons. The van der Waals surface area contributed by atoms with Gasteiger partial charge in [0.25, 0.3) is 5.91 Å². The van der Waals surface area contributed by atoms with E-state index in [0.717, 1.165) is 6.07 Å². The molecule has 1 aromatic rings. The highest BCUT2D eigenvalue weighted by Crippen LogP contribution is 2.12. The molecule has 0 spiro atoms. The molecule has 4 nitrogen and oxygen atoms in total. The van der Waals surface area contributed by atoms with Crippen molar-refractivity contribution < 1.29 is 14.3 Å². The van der Waals surface area contributed by atoms with Gasteiger partial charge in [-0.25, -0.2) is 4.39 Å². The Labute approximate surface area is 93.3 Å². The zero-order valence-corrected chi connectivity index (χ0v) is 9.25. The fourth-order valence-corrected chi connectivity index (χ4v) is 1.07. The Morgan fingerprint density at radius 2 is 2.19 bits per heavy atom. The third kappa shape index (κ3) is 3.51. The molecule has 0 aliphatic heterocycles. The fourth-order valence-electron chi connectivity index (χ4n) is 1.07. The van der Waals surface area contributed by atoms with Gasteiger partial charge in [0.2, 0.25) is 0 Å². The highest BCUT2D eigenvalue weighted by molar-refractivity contribution is 5.94. The Bertz CT molecular complexity index is 399. The molecule has 16 heavy (non-hydrogen) atoms. The molecule has 0 unspecified atom stereocenters. The summed E-state index contributed by atoms with van der Waals surface area (Å²) in [5.41, 5.74) is 4.46. The molecule has 1 rings (SSSR count). The minimum atomic E-state index is -0.998. The summed E-state index contributed by atoms with van der Waals surface area (Å²) in [4.78, 5) is 11.5. The molecule has 0 saturated carbocycles. The Morgan fingerprint density at radius 1 is 1.56 bits per heavy atom. The first-order valence-electron chi connectivity index (χ1n) is 4.85. The Morgan fingerprint density at radius 3 is 2.69 bits per heavy atom. The first kappa shape index (κ1) is 12.4. The summed E-state index contributed by atoms with van der Waals surface area (Å²) in [6.45, 7) is 3.23. The highest BCUT2D eigenvalue weighted by atomic mass is 19.1. The number of benzene rings is 1. The second-order valence-electron chi connectivity index (χ2n) is 4.23. The normalized spacial score (nSPS) is 11.2. The van der Waals surface area contributed by atoms with Crippen LogP contribution >= 0.6 is 0 Å². The minimum Gasteiger partial charge on any atom is -0.396 e. The third-order valence-electron chi connectivity index (χ3n) is 1.94. The lowest BCUT2D eigenvalue weighted by Gasteiger charge is -2.17. The number of nitrogens with two attached hydrogens (primary N) is 1. The Kier molecular flexibility index (Phi) is 3.49. The lowest BCUT2D eigenvalue weighted by molar-refractivity contribution is 0.0694. The van der Waals surface area contributed by atoms with Gasteiger partial charge in [-0.15, -0.1) is 0 Å². The molecule has 0 aromatic heterocycles. The maximum Gasteiger partial charge on any atom is 0.251 e. The van der Waals surface area contributed by atoms with E-state index >= 15 is 0 Å². The largest absolute Gasteiger partial charge is 0.396 e. The fraction of sp³-hybridized carbons (Fsp3) is 0.364. The van der Waals surface area contributed by atoms with Crippen LogP contribution in [0.2, 0.25) is 0 Å². The standard InChI is InChI=1S/C11H15FN2O2/c1-11(2,16)6-14-10(15)7-3-4-9(13)8(12)5-7/h3-5,16H,6,13H2,1-2H3,(H,14,15). The summed E-state index contributed by atoms with van der Waals surface area (Å²) < 4.78 is 13.1.